The smallest absolute Gasteiger partial charge is 0.0584 e. The molecule has 0 aliphatic carbocycles. The Hall–Kier alpha value is -0.120. The molecule has 86 valence electrons. The van der Waals surface area contributed by atoms with Gasteiger partial charge in [0, 0.05) is 25.2 Å². The van der Waals surface area contributed by atoms with Gasteiger partial charge in [0.25, 0.3) is 0 Å². The van der Waals surface area contributed by atoms with Gasteiger partial charge < -0.3 is 15.7 Å². The van der Waals surface area contributed by atoms with Crippen LogP contribution < -0.4 is 10.6 Å². The average molecular weight is 202 g/mol. The monoisotopic (exact) mass is 202 g/mol. The SMILES string of the molecule is CCC(CC)NCCN[C@@H](CC)CO. The summed E-state index contributed by atoms with van der Waals surface area (Å²) in [5, 5.41) is 15.7. The van der Waals surface area contributed by atoms with Crippen LogP contribution in [0.25, 0.3) is 0 Å². The fourth-order valence-electron chi connectivity index (χ4n) is 1.47. The predicted octanol–water partition coefficient (Wildman–Crippen LogP) is 1.13. The van der Waals surface area contributed by atoms with Crippen LogP contribution >= 0.6 is 0 Å². The second kappa shape index (κ2) is 9.44. The van der Waals surface area contributed by atoms with E-state index in [2.05, 4.69) is 31.4 Å². The van der Waals surface area contributed by atoms with E-state index in [1.165, 1.54) is 12.8 Å². The zero-order valence-electron chi connectivity index (χ0n) is 9.84. The molecule has 14 heavy (non-hydrogen) atoms. The molecule has 1 atom stereocenters. The van der Waals surface area contributed by atoms with Crippen molar-refractivity contribution in [3.8, 4) is 0 Å². The summed E-state index contributed by atoms with van der Waals surface area (Å²) in [5.41, 5.74) is 0. The van der Waals surface area contributed by atoms with E-state index in [1.807, 2.05) is 0 Å². The van der Waals surface area contributed by atoms with Crippen LogP contribution in [0.5, 0.6) is 0 Å². The maximum absolute atomic E-state index is 8.94. The van der Waals surface area contributed by atoms with Gasteiger partial charge >= 0.3 is 0 Å². The van der Waals surface area contributed by atoms with Crippen LogP contribution in [0.2, 0.25) is 0 Å². The van der Waals surface area contributed by atoms with E-state index in [0.717, 1.165) is 19.5 Å². The Morgan fingerprint density at radius 2 is 1.29 bits per heavy atom. The third kappa shape index (κ3) is 6.35. The molecule has 0 aromatic rings. The summed E-state index contributed by atoms with van der Waals surface area (Å²) in [6.45, 7) is 8.66. The Balaban J connectivity index is 3.35. The first-order valence-corrected chi connectivity index (χ1v) is 5.85. The summed E-state index contributed by atoms with van der Waals surface area (Å²) in [6, 6.07) is 0.907. The Labute approximate surface area is 88.3 Å². The minimum absolute atomic E-state index is 0.238. The molecule has 0 spiro atoms. The molecule has 3 nitrogen and oxygen atoms in total. The van der Waals surface area contributed by atoms with Crippen molar-refractivity contribution in [1.82, 2.24) is 10.6 Å². The van der Waals surface area contributed by atoms with E-state index >= 15 is 0 Å². The van der Waals surface area contributed by atoms with Crippen molar-refractivity contribution >= 4 is 0 Å². The number of aliphatic hydroxyl groups is 1. The summed E-state index contributed by atoms with van der Waals surface area (Å²) in [5.74, 6) is 0. The minimum Gasteiger partial charge on any atom is -0.395 e. The maximum atomic E-state index is 8.94. The third-order valence-electron chi connectivity index (χ3n) is 2.69. The zero-order valence-corrected chi connectivity index (χ0v) is 9.84. The van der Waals surface area contributed by atoms with Crippen molar-refractivity contribution in [3.05, 3.63) is 0 Å². The van der Waals surface area contributed by atoms with E-state index in [9.17, 15) is 0 Å². The molecule has 0 amide bonds. The van der Waals surface area contributed by atoms with Gasteiger partial charge in [-0.1, -0.05) is 20.8 Å². The van der Waals surface area contributed by atoms with Crippen LogP contribution in [-0.2, 0) is 0 Å². The Kier molecular flexibility index (Phi) is 9.35. The highest BCUT2D eigenvalue weighted by atomic mass is 16.3. The number of nitrogens with one attached hydrogen (secondary N) is 2. The van der Waals surface area contributed by atoms with Crippen molar-refractivity contribution in [2.45, 2.75) is 52.1 Å². The number of aliphatic hydroxyl groups excluding tert-OH is 1. The van der Waals surface area contributed by atoms with Gasteiger partial charge in [-0.25, -0.2) is 0 Å². The second-order valence-corrected chi connectivity index (χ2v) is 3.71. The van der Waals surface area contributed by atoms with Gasteiger partial charge in [-0.2, -0.15) is 0 Å². The molecule has 3 N–H and O–H groups in total. The van der Waals surface area contributed by atoms with Crippen molar-refractivity contribution in [2.75, 3.05) is 19.7 Å². The number of rotatable bonds is 9. The van der Waals surface area contributed by atoms with Crippen molar-refractivity contribution in [3.63, 3.8) is 0 Å². The number of hydrogen-bond donors (Lipinski definition) is 3. The maximum Gasteiger partial charge on any atom is 0.0584 e. The van der Waals surface area contributed by atoms with E-state index in [4.69, 9.17) is 5.11 Å². The van der Waals surface area contributed by atoms with Crippen LogP contribution in [0.3, 0.4) is 0 Å². The van der Waals surface area contributed by atoms with Crippen molar-refractivity contribution in [2.24, 2.45) is 0 Å². The largest absolute Gasteiger partial charge is 0.395 e. The lowest BCUT2D eigenvalue weighted by molar-refractivity contribution is 0.239. The minimum atomic E-state index is 0.238. The van der Waals surface area contributed by atoms with Gasteiger partial charge in [0.1, 0.15) is 0 Å². The van der Waals surface area contributed by atoms with Crippen LogP contribution in [-0.4, -0.2) is 36.9 Å². The lowest BCUT2D eigenvalue weighted by Gasteiger charge is -2.17. The van der Waals surface area contributed by atoms with Crippen LogP contribution in [0.1, 0.15) is 40.0 Å². The summed E-state index contributed by atoms with van der Waals surface area (Å²) in [6.07, 6.45) is 3.36. The molecule has 0 unspecified atom stereocenters. The topological polar surface area (TPSA) is 44.3 Å². The Morgan fingerprint density at radius 3 is 1.64 bits per heavy atom. The van der Waals surface area contributed by atoms with Crippen LogP contribution in [0, 0.1) is 0 Å². The predicted molar refractivity (Wildman–Crippen MR) is 61.5 cm³/mol. The fourth-order valence-corrected chi connectivity index (χ4v) is 1.47. The van der Waals surface area contributed by atoms with Crippen LogP contribution in [0.4, 0.5) is 0 Å². The molecular weight excluding hydrogens is 176 g/mol. The van der Waals surface area contributed by atoms with E-state index in [0.29, 0.717) is 6.04 Å². The highest BCUT2D eigenvalue weighted by Gasteiger charge is 2.03. The molecule has 0 radical (unpaired) electrons. The fraction of sp³-hybridized carbons (Fsp3) is 1.00. The van der Waals surface area contributed by atoms with Gasteiger partial charge in [0.05, 0.1) is 6.61 Å². The number of hydrogen-bond acceptors (Lipinski definition) is 3. The lowest BCUT2D eigenvalue weighted by Crippen LogP contribution is -2.39. The molecule has 0 aliphatic rings. The molecular formula is C11H26N2O. The van der Waals surface area contributed by atoms with Crippen molar-refractivity contribution < 1.29 is 5.11 Å². The Bertz CT molecular complexity index is 97.9. The molecule has 3 heteroatoms. The molecule has 0 rings (SSSR count). The van der Waals surface area contributed by atoms with Gasteiger partial charge in [-0.05, 0) is 19.3 Å². The molecule has 0 bridgehead atoms. The second-order valence-electron chi connectivity index (χ2n) is 3.71. The van der Waals surface area contributed by atoms with Gasteiger partial charge in [0.2, 0.25) is 0 Å². The first-order chi connectivity index (χ1) is 6.78. The molecule has 0 aromatic carbocycles. The van der Waals surface area contributed by atoms with Gasteiger partial charge in [0.15, 0.2) is 0 Å². The standard InChI is InChI=1S/C11H26N2O/c1-4-10(5-2)12-7-8-13-11(6-3)9-14/h10-14H,4-9H2,1-3H3/t11-/m0/s1. The summed E-state index contributed by atoms with van der Waals surface area (Å²) >= 11 is 0. The molecule has 0 aromatic heterocycles. The molecule has 0 saturated heterocycles. The Morgan fingerprint density at radius 1 is 0.857 bits per heavy atom. The van der Waals surface area contributed by atoms with Crippen LogP contribution in [0.15, 0.2) is 0 Å². The average Bonchev–Trinajstić information content (AvgIpc) is 2.24. The highest BCUT2D eigenvalue weighted by molar-refractivity contribution is 4.66. The summed E-state index contributed by atoms with van der Waals surface area (Å²) in [7, 11) is 0. The van der Waals surface area contributed by atoms with E-state index in [1.54, 1.807) is 0 Å². The molecule has 0 saturated carbocycles. The molecule has 0 aliphatic heterocycles. The third-order valence-corrected chi connectivity index (χ3v) is 2.69. The molecule has 0 heterocycles. The first-order valence-electron chi connectivity index (χ1n) is 5.85. The van der Waals surface area contributed by atoms with E-state index in [-0.39, 0.29) is 12.6 Å². The van der Waals surface area contributed by atoms with Crippen molar-refractivity contribution in [1.29, 1.82) is 0 Å². The first kappa shape index (κ1) is 13.9. The molecule has 0 fully saturated rings. The lowest BCUT2D eigenvalue weighted by atomic mass is 10.2. The van der Waals surface area contributed by atoms with Gasteiger partial charge in [-0.15, -0.1) is 0 Å². The van der Waals surface area contributed by atoms with E-state index < -0.39 is 0 Å². The quantitative estimate of drug-likeness (QED) is 0.491. The normalized spacial score (nSPS) is 13.5. The summed E-state index contributed by atoms with van der Waals surface area (Å²) < 4.78 is 0. The summed E-state index contributed by atoms with van der Waals surface area (Å²) in [4.78, 5) is 0. The highest BCUT2D eigenvalue weighted by Crippen LogP contribution is 1.94. The van der Waals surface area contributed by atoms with Gasteiger partial charge in [-0.3, -0.25) is 0 Å². The zero-order chi connectivity index (χ0) is 10.8.